The van der Waals surface area contributed by atoms with Crippen molar-refractivity contribution >= 4 is 0 Å². The molecule has 3 nitrogen and oxygen atoms in total. The third-order valence-electron chi connectivity index (χ3n) is 5.85. The number of fused-ring (bicyclic) bond motifs is 1. The molecular weight excluding hydrogens is 320 g/mol. The summed E-state index contributed by atoms with van der Waals surface area (Å²) in [6.45, 7) is 7.32. The van der Waals surface area contributed by atoms with Crippen LogP contribution >= 0.6 is 0 Å². The Kier molecular flexibility index (Phi) is 5.28. The zero-order valence-corrected chi connectivity index (χ0v) is 16.0. The van der Waals surface area contributed by atoms with E-state index in [0.29, 0.717) is 11.8 Å². The van der Waals surface area contributed by atoms with Gasteiger partial charge in [-0.2, -0.15) is 0 Å². The molecule has 1 atom stereocenters. The second kappa shape index (κ2) is 7.81. The van der Waals surface area contributed by atoms with Gasteiger partial charge in [0.05, 0.1) is 6.61 Å². The number of hydrogen-bond acceptors (Lipinski definition) is 3. The lowest BCUT2D eigenvalue weighted by Gasteiger charge is -2.33. The second-order valence-corrected chi connectivity index (χ2v) is 8.03. The van der Waals surface area contributed by atoms with Gasteiger partial charge >= 0.3 is 0 Å². The first kappa shape index (κ1) is 17.6. The molecule has 4 rings (SSSR count). The van der Waals surface area contributed by atoms with Gasteiger partial charge in [0.2, 0.25) is 0 Å². The highest BCUT2D eigenvalue weighted by Gasteiger charge is 2.25. The van der Waals surface area contributed by atoms with Crippen LogP contribution in [0.4, 0.5) is 0 Å². The zero-order valence-electron chi connectivity index (χ0n) is 16.0. The molecule has 2 aromatic rings. The maximum Gasteiger partial charge on any atom is 0.119 e. The summed E-state index contributed by atoms with van der Waals surface area (Å²) in [4.78, 5) is 2.42. The van der Waals surface area contributed by atoms with Crippen LogP contribution in [0.1, 0.15) is 41.0 Å². The van der Waals surface area contributed by atoms with Crippen molar-refractivity contribution in [3.63, 3.8) is 0 Å². The number of nitrogens with zero attached hydrogens (tertiary/aromatic N) is 1. The Morgan fingerprint density at radius 1 is 1.08 bits per heavy atom. The van der Waals surface area contributed by atoms with Gasteiger partial charge in [0.1, 0.15) is 5.75 Å². The molecule has 2 aromatic carbocycles. The average Bonchev–Trinajstić information content (AvgIpc) is 2.67. The minimum atomic E-state index is 0.447. The van der Waals surface area contributed by atoms with E-state index in [-0.39, 0.29) is 0 Å². The number of nitrogens with one attached hydrogen (secondary N) is 1. The van der Waals surface area contributed by atoms with Gasteiger partial charge in [-0.25, -0.2) is 0 Å². The third kappa shape index (κ3) is 3.94. The van der Waals surface area contributed by atoms with Crippen LogP contribution in [0.25, 0.3) is 0 Å². The lowest BCUT2D eigenvalue weighted by Crippen LogP contribution is -2.31. The van der Waals surface area contributed by atoms with Crippen molar-refractivity contribution in [3.8, 4) is 5.75 Å². The van der Waals surface area contributed by atoms with Gasteiger partial charge in [-0.15, -0.1) is 0 Å². The fraction of sp³-hybridized carbons (Fsp3) is 0.478. The molecule has 0 spiro atoms. The van der Waals surface area contributed by atoms with Crippen molar-refractivity contribution in [1.82, 2.24) is 10.2 Å². The van der Waals surface area contributed by atoms with Gasteiger partial charge in [0, 0.05) is 19.0 Å². The highest BCUT2D eigenvalue weighted by molar-refractivity contribution is 5.44. The van der Waals surface area contributed by atoms with Crippen LogP contribution in [0.2, 0.25) is 0 Å². The molecular formula is C23H30N2O. The van der Waals surface area contributed by atoms with E-state index in [4.69, 9.17) is 4.74 Å². The van der Waals surface area contributed by atoms with Gasteiger partial charge < -0.3 is 15.0 Å². The molecule has 2 aliphatic heterocycles. The summed E-state index contributed by atoms with van der Waals surface area (Å²) in [5.41, 5.74) is 5.60. The van der Waals surface area contributed by atoms with E-state index in [9.17, 15) is 0 Å². The predicted octanol–water partition coefficient (Wildman–Crippen LogP) is 3.95. The minimum absolute atomic E-state index is 0.447. The Balaban J connectivity index is 1.52. The number of ether oxygens (including phenoxy) is 1. The first-order chi connectivity index (χ1) is 12.7. The monoisotopic (exact) mass is 350 g/mol. The Morgan fingerprint density at radius 3 is 2.62 bits per heavy atom. The summed E-state index contributed by atoms with van der Waals surface area (Å²) in [6, 6.07) is 15.7. The highest BCUT2D eigenvalue weighted by atomic mass is 16.5. The zero-order chi connectivity index (χ0) is 17.9. The van der Waals surface area contributed by atoms with Crippen LogP contribution in [0.5, 0.6) is 5.75 Å². The number of hydrogen-bond donors (Lipinski definition) is 1. The minimum Gasteiger partial charge on any atom is -0.493 e. The molecule has 2 heterocycles. The lowest BCUT2D eigenvalue weighted by atomic mass is 9.84. The van der Waals surface area contributed by atoms with E-state index in [2.05, 4.69) is 66.7 Å². The summed E-state index contributed by atoms with van der Waals surface area (Å²) >= 11 is 0. The normalized spacial score (nSPS) is 21.4. The molecule has 1 unspecified atom stereocenters. The first-order valence-electron chi connectivity index (χ1n) is 9.90. The maximum absolute atomic E-state index is 6.16. The Morgan fingerprint density at radius 2 is 1.85 bits per heavy atom. The fourth-order valence-corrected chi connectivity index (χ4v) is 4.26. The van der Waals surface area contributed by atoms with E-state index in [1.54, 1.807) is 0 Å². The largest absolute Gasteiger partial charge is 0.493 e. The molecule has 0 bridgehead atoms. The number of benzene rings is 2. The molecule has 0 aliphatic carbocycles. The van der Waals surface area contributed by atoms with E-state index >= 15 is 0 Å². The SMILES string of the molecule is Cc1ccc(C2CN(C)Cc3cc(OCC4CCNCC4)ccc32)cc1. The molecule has 26 heavy (non-hydrogen) atoms. The molecule has 1 N–H and O–H groups in total. The van der Waals surface area contributed by atoms with Gasteiger partial charge in [-0.05, 0) is 74.6 Å². The molecule has 0 aromatic heterocycles. The van der Waals surface area contributed by atoms with E-state index in [1.165, 1.54) is 35.1 Å². The van der Waals surface area contributed by atoms with Crippen LogP contribution in [-0.2, 0) is 6.54 Å². The van der Waals surface area contributed by atoms with Gasteiger partial charge in [0.15, 0.2) is 0 Å². The van der Waals surface area contributed by atoms with Crippen molar-refractivity contribution in [2.75, 3.05) is 33.3 Å². The number of rotatable bonds is 4. The lowest BCUT2D eigenvalue weighted by molar-refractivity contribution is 0.214. The summed E-state index contributed by atoms with van der Waals surface area (Å²) in [5, 5.41) is 3.42. The van der Waals surface area contributed by atoms with Crippen LogP contribution in [-0.4, -0.2) is 38.2 Å². The Hall–Kier alpha value is -1.84. The highest BCUT2D eigenvalue weighted by Crippen LogP contribution is 2.35. The second-order valence-electron chi connectivity index (χ2n) is 8.03. The van der Waals surface area contributed by atoms with E-state index < -0.39 is 0 Å². The molecule has 1 fully saturated rings. The molecule has 3 heteroatoms. The van der Waals surface area contributed by atoms with E-state index in [0.717, 1.165) is 38.5 Å². The molecule has 0 amide bonds. The smallest absolute Gasteiger partial charge is 0.119 e. The number of aryl methyl sites for hydroxylation is 1. The molecule has 0 saturated carbocycles. The van der Waals surface area contributed by atoms with Crippen LogP contribution in [0, 0.1) is 12.8 Å². The number of piperidine rings is 1. The van der Waals surface area contributed by atoms with Crippen molar-refractivity contribution in [1.29, 1.82) is 0 Å². The quantitative estimate of drug-likeness (QED) is 0.904. The maximum atomic E-state index is 6.16. The van der Waals surface area contributed by atoms with Crippen LogP contribution in [0.3, 0.4) is 0 Å². The van der Waals surface area contributed by atoms with Gasteiger partial charge in [0.25, 0.3) is 0 Å². The molecule has 1 saturated heterocycles. The van der Waals surface area contributed by atoms with Crippen molar-refractivity contribution in [2.24, 2.45) is 5.92 Å². The first-order valence-corrected chi connectivity index (χ1v) is 9.90. The Bertz CT molecular complexity index is 734. The summed E-state index contributed by atoms with van der Waals surface area (Å²) in [7, 11) is 2.21. The third-order valence-corrected chi connectivity index (χ3v) is 5.85. The predicted molar refractivity (Wildman–Crippen MR) is 107 cm³/mol. The number of likely N-dealkylation sites (N-methyl/N-ethyl adjacent to an activating group) is 1. The summed E-state index contributed by atoms with van der Waals surface area (Å²) in [5.74, 6) is 2.17. The summed E-state index contributed by atoms with van der Waals surface area (Å²) < 4.78 is 6.16. The average molecular weight is 351 g/mol. The van der Waals surface area contributed by atoms with Crippen LogP contribution in [0.15, 0.2) is 42.5 Å². The van der Waals surface area contributed by atoms with Crippen molar-refractivity contribution in [3.05, 3.63) is 64.7 Å². The van der Waals surface area contributed by atoms with Gasteiger partial charge in [-0.3, -0.25) is 0 Å². The fourth-order valence-electron chi connectivity index (χ4n) is 4.26. The standard InChI is InChI=1S/C23H30N2O/c1-17-3-5-19(6-4-17)23-15-25(2)14-20-13-21(7-8-22(20)23)26-16-18-9-11-24-12-10-18/h3-8,13,18,23-24H,9-12,14-16H2,1-2H3. The molecule has 0 radical (unpaired) electrons. The van der Waals surface area contributed by atoms with Gasteiger partial charge in [-0.1, -0.05) is 35.9 Å². The van der Waals surface area contributed by atoms with Crippen molar-refractivity contribution < 1.29 is 4.74 Å². The van der Waals surface area contributed by atoms with Crippen LogP contribution < -0.4 is 10.1 Å². The topological polar surface area (TPSA) is 24.5 Å². The van der Waals surface area contributed by atoms with Crippen molar-refractivity contribution in [2.45, 2.75) is 32.2 Å². The Labute approximate surface area is 157 Å². The molecule has 138 valence electrons. The molecule has 2 aliphatic rings. The van der Waals surface area contributed by atoms with E-state index in [1.807, 2.05) is 0 Å². The summed E-state index contributed by atoms with van der Waals surface area (Å²) in [6.07, 6.45) is 2.45.